The first-order valence-electron chi connectivity index (χ1n) is 7.52. The molecule has 1 fully saturated rings. The standard InChI is InChI=1S/C16H25ClN2O/c1-13(18-2)14-6-7-16(15(17)12-14)20-11-10-19-8-4-3-5-9-19/h6-7,12-13,18H,3-5,8-11H2,1-2H3. The topological polar surface area (TPSA) is 24.5 Å². The first kappa shape index (κ1) is 15.6. The van der Waals surface area contributed by atoms with Gasteiger partial charge in [-0.2, -0.15) is 0 Å². The fourth-order valence-corrected chi connectivity index (χ4v) is 2.78. The average molecular weight is 297 g/mol. The molecule has 1 aromatic carbocycles. The molecule has 4 heteroatoms. The van der Waals surface area contributed by atoms with E-state index in [1.54, 1.807) is 0 Å². The largest absolute Gasteiger partial charge is 0.491 e. The summed E-state index contributed by atoms with van der Waals surface area (Å²) in [7, 11) is 1.95. The van der Waals surface area contributed by atoms with Crippen molar-refractivity contribution in [1.29, 1.82) is 0 Å². The van der Waals surface area contributed by atoms with E-state index in [-0.39, 0.29) is 0 Å². The van der Waals surface area contributed by atoms with Gasteiger partial charge >= 0.3 is 0 Å². The molecule has 1 heterocycles. The third kappa shape index (κ3) is 4.37. The predicted molar refractivity (Wildman–Crippen MR) is 84.7 cm³/mol. The lowest BCUT2D eigenvalue weighted by Crippen LogP contribution is -2.33. The van der Waals surface area contributed by atoms with Gasteiger partial charge in [-0.1, -0.05) is 24.1 Å². The number of hydrogen-bond acceptors (Lipinski definition) is 3. The maximum absolute atomic E-state index is 6.29. The van der Waals surface area contributed by atoms with Crippen LogP contribution in [0.25, 0.3) is 0 Å². The van der Waals surface area contributed by atoms with Crippen LogP contribution in [-0.4, -0.2) is 38.2 Å². The summed E-state index contributed by atoms with van der Waals surface area (Å²) in [6, 6.07) is 6.33. The van der Waals surface area contributed by atoms with Crippen molar-refractivity contribution in [3.8, 4) is 5.75 Å². The van der Waals surface area contributed by atoms with Gasteiger partial charge in [-0.25, -0.2) is 0 Å². The quantitative estimate of drug-likeness (QED) is 0.870. The van der Waals surface area contributed by atoms with Gasteiger partial charge in [0.1, 0.15) is 12.4 Å². The van der Waals surface area contributed by atoms with Gasteiger partial charge in [0.25, 0.3) is 0 Å². The Morgan fingerprint density at radius 3 is 2.70 bits per heavy atom. The molecular weight excluding hydrogens is 272 g/mol. The lowest BCUT2D eigenvalue weighted by atomic mass is 10.1. The van der Waals surface area contributed by atoms with Gasteiger partial charge in [-0.05, 0) is 57.6 Å². The lowest BCUT2D eigenvalue weighted by Gasteiger charge is -2.26. The molecule has 0 saturated carbocycles. The number of rotatable bonds is 6. The van der Waals surface area contributed by atoms with E-state index in [1.165, 1.54) is 37.9 Å². The van der Waals surface area contributed by atoms with Gasteiger partial charge in [-0.3, -0.25) is 4.90 Å². The van der Waals surface area contributed by atoms with Crippen molar-refractivity contribution in [1.82, 2.24) is 10.2 Å². The monoisotopic (exact) mass is 296 g/mol. The molecule has 0 bridgehead atoms. The number of likely N-dealkylation sites (tertiary alicyclic amines) is 1. The SMILES string of the molecule is CNC(C)c1ccc(OCCN2CCCCC2)c(Cl)c1. The fraction of sp³-hybridized carbons (Fsp3) is 0.625. The second kappa shape index (κ2) is 7.87. The maximum Gasteiger partial charge on any atom is 0.137 e. The van der Waals surface area contributed by atoms with Crippen molar-refractivity contribution >= 4 is 11.6 Å². The number of piperidine rings is 1. The minimum atomic E-state index is 0.301. The maximum atomic E-state index is 6.29. The molecule has 1 N–H and O–H groups in total. The van der Waals surface area contributed by atoms with Crippen molar-refractivity contribution in [3.05, 3.63) is 28.8 Å². The smallest absolute Gasteiger partial charge is 0.137 e. The Balaban J connectivity index is 1.83. The van der Waals surface area contributed by atoms with Crippen molar-refractivity contribution in [2.45, 2.75) is 32.2 Å². The first-order valence-corrected chi connectivity index (χ1v) is 7.90. The van der Waals surface area contributed by atoms with Crippen LogP contribution in [0.3, 0.4) is 0 Å². The third-order valence-corrected chi connectivity index (χ3v) is 4.30. The molecule has 1 aliphatic rings. The van der Waals surface area contributed by atoms with Gasteiger partial charge < -0.3 is 10.1 Å². The Bertz CT molecular complexity index is 419. The Hall–Kier alpha value is -0.770. The number of hydrogen-bond donors (Lipinski definition) is 1. The van der Waals surface area contributed by atoms with Gasteiger partial charge in [0.2, 0.25) is 0 Å². The summed E-state index contributed by atoms with van der Waals surface area (Å²) in [6.45, 7) is 6.22. The second-order valence-electron chi connectivity index (χ2n) is 5.45. The molecule has 0 aromatic heterocycles. The summed E-state index contributed by atoms with van der Waals surface area (Å²) in [5.74, 6) is 0.788. The van der Waals surface area contributed by atoms with E-state index in [1.807, 2.05) is 19.2 Å². The molecule has 1 saturated heterocycles. The Morgan fingerprint density at radius 2 is 2.05 bits per heavy atom. The number of halogens is 1. The highest BCUT2D eigenvalue weighted by Gasteiger charge is 2.11. The van der Waals surface area contributed by atoms with E-state index in [0.717, 1.165) is 12.3 Å². The molecule has 3 nitrogen and oxygen atoms in total. The molecule has 1 unspecified atom stereocenters. The van der Waals surface area contributed by atoms with E-state index in [0.29, 0.717) is 17.7 Å². The number of benzene rings is 1. The van der Waals surface area contributed by atoms with E-state index >= 15 is 0 Å². The highest BCUT2D eigenvalue weighted by molar-refractivity contribution is 6.32. The van der Waals surface area contributed by atoms with Gasteiger partial charge in [-0.15, -0.1) is 0 Å². The summed E-state index contributed by atoms with van der Waals surface area (Å²) < 4.78 is 5.81. The van der Waals surface area contributed by atoms with Gasteiger partial charge in [0.15, 0.2) is 0 Å². The van der Waals surface area contributed by atoms with Crippen LogP contribution >= 0.6 is 11.6 Å². The highest BCUT2D eigenvalue weighted by atomic mass is 35.5. The Labute approximate surface area is 127 Å². The summed E-state index contributed by atoms with van der Waals surface area (Å²) in [6.07, 6.45) is 4.00. The average Bonchev–Trinajstić information content (AvgIpc) is 2.49. The highest BCUT2D eigenvalue weighted by Crippen LogP contribution is 2.27. The van der Waals surface area contributed by atoms with Crippen LogP contribution in [-0.2, 0) is 0 Å². The zero-order valence-electron chi connectivity index (χ0n) is 12.5. The van der Waals surface area contributed by atoms with E-state index in [2.05, 4.69) is 23.2 Å². The van der Waals surface area contributed by atoms with Crippen LogP contribution in [0.2, 0.25) is 5.02 Å². The third-order valence-electron chi connectivity index (χ3n) is 4.00. The van der Waals surface area contributed by atoms with Crippen LogP contribution in [0, 0.1) is 0 Å². The Kier molecular flexibility index (Phi) is 6.14. The van der Waals surface area contributed by atoms with Gasteiger partial charge in [0, 0.05) is 12.6 Å². The van der Waals surface area contributed by atoms with E-state index in [4.69, 9.17) is 16.3 Å². The molecule has 2 rings (SSSR count). The molecule has 20 heavy (non-hydrogen) atoms. The summed E-state index contributed by atoms with van der Waals surface area (Å²) in [5, 5.41) is 3.91. The molecule has 0 amide bonds. The van der Waals surface area contributed by atoms with Crippen LogP contribution in [0.15, 0.2) is 18.2 Å². The van der Waals surface area contributed by atoms with Crippen molar-refractivity contribution in [3.63, 3.8) is 0 Å². The normalized spacial score (nSPS) is 17.9. The predicted octanol–water partition coefficient (Wildman–Crippen LogP) is 3.49. The second-order valence-corrected chi connectivity index (χ2v) is 5.86. The molecule has 1 atom stereocenters. The number of nitrogens with one attached hydrogen (secondary N) is 1. The van der Waals surface area contributed by atoms with Crippen molar-refractivity contribution in [2.24, 2.45) is 0 Å². The Morgan fingerprint density at radius 1 is 1.30 bits per heavy atom. The molecule has 1 aromatic rings. The van der Waals surface area contributed by atoms with E-state index < -0.39 is 0 Å². The molecule has 112 valence electrons. The number of nitrogens with zero attached hydrogens (tertiary/aromatic N) is 1. The number of ether oxygens (including phenoxy) is 1. The lowest BCUT2D eigenvalue weighted by molar-refractivity contribution is 0.183. The molecule has 1 aliphatic heterocycles. The van der Waals surface area contributed by atoms with Gasteiger partial charge in [0.05, 0.1) is 5.02 Å². The molecule has 0 radical (unpaired) electrons. The first-order chi connectivity index (χ1) is 9.70. The van der Waals surface area contributed by atoms with Crippen LogP contribution < -0.4 is 10.1 Å². The van der Waals surface area contributed by atoms with Crippen LogP contribution in [0.4, 0.5) is 0 Å². The fourth-order valence-electron chi connectivity index (χ4n) is 2.54. The van der Waals surface area contributed by atoms with Crippen LogP contribution in [0.1, 0.15) is 37.8 Å². The summed E-state index contributed by atoms with van der Waals surface area (Å²) >= 11 is 6.29. The minimum absolute atomic E-state index is 0.301. The minimum Gasteiger partial charge on any atom is -0.491 e. The van der Waals surface area contributed by atoms with Crippen LogP contribution in [0.5, 0.6) is 5.75 Å². The zero-order chi connectivity index (χ0) is 14.4. The zero-order valence-corrected chi connectivity index (χ0v) is 13.2. The van der Waals surface area contributed by atoms with E-state index in [9.17, 15) is 0 Å². The summed E-state index contributed by atoms with van der Waals surface area (Å²) in [5.41, 5.74) is 1.18. The molecule has 0 spiro atoms. The summed E-state index contributed by atoms with van der Waals surface area (Å²) in [4.78, 5) is 2.47. The van der Waals surface area contributed by atoms with Crippen molar-refractivity contribution < 1.29 is 4.74 Å². The molecular formula is C16H25ClN2O. The molecule has 0 aliphatic carbocycles. The van der Waals surface area contributed by atoms with Crippen molar-refractivity contribution in [2.75, 3.05) is 33.3 Å².